The number of anilines is 1. The van der Waals surface area contributed by atoms with Crippen LogP contribution in [0.3, 0.4) is 0 Å². The minimum atomic E-state index is 0.825. The maximum absolute atomic E-state index is 4.07. The molecular weight excluding hydrogens is 224 g/mol. The van der Waals surface area contributed by atoms with E-state index >= 15 is 0 Å². The van der Waals surface area contributed by atoms with Gasteiger partial charge in [0.2, 0.25) is 0 Å². The first-order valence-electron chi connectivity index (χ1n) is 6.18. The van der Waals surface area contributed by atoms with Crippen molar-refractivity contribution in [2.75, 3.05) is 5.32 Å². The summed E-state index contributed by atoms with van der Waals surface area (Å²) in [4.78, 5) is 0. The third kappa shape index (κ3) is 1.86. The maximum atomic E-state index is 4.07. The van der Waals surface area contributed by atoms with Crippen LogP contribution < -0.4 is 5.32 Å². The van der Waals surface area contributed by atoms with Gasteiger partial charge >= 0.3 is 0 Å². The fraction of sp³-hybridized carbons (Fsp3) is 0.214. The van der Waals surface area contributed by atoms with Gasteiger partial charge in [-0.15, -0.1) is 0 Å². The fourth-order valence-electron chi connectivity index (χ4n) is 2.23. The zero-order chi connectivity index (χ0) is 12.4. The van der Waals surface area contributed by atoms with Crippen molar-refractivity contribution in [2.45, 2.75) is 20.0 Å². The summed E-state index contributed by atoms with van der Waals surface area (Å²) in [5.41, 5.74) is 3.47. The smallest absolute Gasteiger partial charge is 0.0671 e. The van der Waals surface area contributed by atoms with Gasteiger partial charge in [-0.2, -0.15) is 5.10 Å². The Bertz CT molecular complexity index is 650. The highest BCUT2D eigenvalue weighted by molar-refractivity contribution is 5.90. The quantitative estimate of drug-likeness (QED) is 0.736. The molecule has 0 aliphatic heterocycles. The van der Waals surface area contributed by atoms with E-state index in [-0.39, 0.29) is 0 Å². The highest BCUT2D eigenvalue weighted by Crippen LogP contribution is 2.21. The average Bonchev–Trinajstić information content (AvgIpc) is 3.04. The molecule has 0 atom stereocenters. The summed E-state index contributed by atoms with van der Waals surface area (Å²) in [5.74, 6) is 0. The maximum Gasteiger partial charge on any atom is 0.0671 e. The summed E-state index contributed by atoms with van der Waals surface area (Å²) in [7, 11) is 0. The van der Waals surface area contributed by atoms with Crippen molar-refractivity contribution in [1.82, 2.24) is 14.8 Å². The summed E-state index contributed by atoms with van der Waals surface area (Å²) in [6.07, 6.45) is 3.96. The van der Waals surface area contributed by atoms with Gasteiger partial charge in [-0.1, -0.05) is 6.07 Å². The van der Waals surface area contributed by atoms with Gasteiger partial charge in [0.25, 0.3) is 0 Å². The van der Waals surface area contributed by atoms with Gasteiger partial charge in [0.15, 0.2) is 0 Å². The fourth-order valence-corrected chi connectivity index (χ4v) is 2.23. The van der Waals surface area contributed by atoms with Crippen molar-refractivity contribution in [1.29, 1.82) is 0 Å². The predicted molar refractivity (Wildman–Crippen MR) is 73.5 cm³/mol. The van der Waals surface area contributed by atoms with Crippen LogP contribution in [-0.4, -0.2) is 14.8 Å². The first-order valence-corrected chi connectivity index (χ1v) is 6.18. The van der Waals surface area contributed by atoms with E-state index in [0.717, 1.165) is 29.7 Å². The molecule has 1 aromatic carbocycles. The largest absolute Gasteiger partial charge is 0.379 e. The molecule has 2 heterocycles. The number of benzene rings is 1. The van der Waals surface area contributed by atoms with Crippen LogP contribution in [0.25, 0.3) is 10.9 Å². The third-order valence-corrected chi connectivity index (χ3v) is 3.21. The lowest BCUT2D eigenvalue weighted by Crippen LogP contribution is -2.06. The van der Waals surface area contributed by atoms with E-state index in [4.69, 9.17) is 0 Å². The average molecular weight is 240 g/mol. The lowest BCUT2D eigenvalue weighted by Gasteiger charge is -2.09. The molecule has 0 aliphatic carbocycles. The number of aromatic amines is 1. The van der Waals surface area contributed by atoms with Gasteiger partial charge in [0, 0.05) is 29.5 Å². The Morgan fingerprint density at radius 3 is 3.11 bits per heavy atom. The molecule has 0 fully saturated rings. The van der Waals surface area contributed by atoms with Gasteiger partial charge in [0.05, 0.1) is 18.3 Å². The van der Waals surface area contributed by atoms with Crippen LogP contribution in [0.2, 0.25) is 0 Å². The number of hydrogen-bond donors (Lipinski definition) is 2. The van der Waals surface area contributed by atoms with Crippen LogP contribution in [-0.2, 0) is 13.1 Å². The molecule has 18 heavy (non-hydrogen) atoms. The second kappa shape index (κ2) is 4.56. The number of aromatic nitrogens is 3. The van der Waals surface area contributed by atoms with E-state index in [1.165, 1.54) is 5.69 Å². The number of aryl methyl sites for hydroxylation is 1. The van der Waals surface area contributed by atoms with Crippen molar-refractivity contribution in [3.63, 3.8) is 0 Å². The van der Waals surface area contributed by atoms with Crippen molar-refractivity contribution in [2.24, 2.45) is 0 Å². The summed E-state index contributed by atoms with van der Waals surface area (Å²) in [5, 5.41) is 11.7. The van der Waals surface area contributed by atoms with E-state index < -0.39 is 0 Å². The van der Waals surface area contributed by atoms with Gasteiger partial charge in [-0.25, -0.2) is 0 Å². The molecule has 2 N–H and O–H groups in total. The van der Waals surface area contributed by atoms with Crippen molar-refractivity contribution in [3.05, 3.63) is 48.4 Å². The van der Waals surface area contributed by atoms with Crippen LogP contribution in [0.4, 0.5) is 5.69 Å². The van der Waals surface area contributed by atoms with E-state index in [1.807, 2.05) is 18.3 Å². The second-order valence-electron chi connectivity index (χ2n) is 4.28. The van der Waals surface area contributed by atoms with Gasteiger partial charge in [0.1, 0.15) is 0 Å². The van der Waals surface area contributed by atoms with Crippen LogP contribution in [0.5, 0.6) is 0 Å². The zero-order valence-corrected chi connectivity index (χ0v) is 10.4. The number of fused-ring (bicyclic) bond motifs is 1. The topological polar surface area (TPSA) is 45.6 Å². The van der Waals surface area contributed by atoms with Crippen LogP contribution >= 0.6 is 0 Å². The monoisotopic (exact) mass is 240 g/mol. The van der Waals surface area contributed by atoms with Crippen molar-refractivity contribution in [3.8, 4) is 0 Å². The zero-order valence-electron chi connectivity index (χ0n) is 10.4. The molecule has 4 heteroatoms. The SMILES string of the molecule is CCn1cccc1CNc1cccc2[nH]ncc12. The normalized spacial score (nSPS) is 10.9. The molecule has 3 aromatic rings. The molecule has 0 aliphatic rings. The molecule has 0 bridgehead atoms. The second-order valence-corrected chi connectivity index (χ2v) is 4.28. The number of nitrogens with zero attached hydrogens (tertiary/aromatic N) is 2. The standard InChI is InChI=1S/C14H16N4/c1-2-18-8-4-5-11(18)9-15-13-6-3-7-14-12(13)10-16-17-14/h3-8,10,15H,2,9H2,1H3,(H,16,17). The summed E-state index contributed by atoms with van der Waals surface area (Å²) < 4.78 is 2.24. The lowest BCUT2D eigenvalue weighted by molar-refractivity contribution is 0.724. The lowest BCUT2D eigenvalue weighted by atomic mass is 10.2. The molecular formula is C14H16N4. The Kier molecular flexibility index (Phi) is 2.76. The molecule has 0 radical (unpaired) electrons. The molecule has 0 saturated carbocycles. The number of nitrogens with one attached hydrogen (secondary N) is 2. The molecule has 0 unspecified atom stereocenters. The first-order chi connectivity index (χ1) is 8.88. The Labute approximate surface area is 106 Å². The third-order valence-electron chi connectivity index (χ3n) is 3.21. The van der Waals surface area contributed by atoms with Crippen molar-refractivity contribution >= 4 is 16.6 Å². The molecule has 0 amide bonds. The molecule has 4 nitrogen and oxygen atoms in total. The Morgan fingerprint density at radius 1 is 1.28 bits per heavy atom. The van der Waals surface area contributed by atoms with Crippen LogP contribution in [0.1, 0.15) is 12.6 Å². The van der Waals surface area contributed by atoms with Crippen LogP contribution in [0.15, 0.2) is 42.7 Å². The van der Waals surface area contributed by atoms with Gasteiger partial charge in [-0.05, 0) is 31.2 Å². The molecule has 2 aromatic heterocycles. The minimum Gasteiger partial charge on any atom is -0.379 e. The number of rotatable bonds is 4. The van der Waals surface area contributed by atoms with Crippen LogP contribution in [0, 0.1) is 0 Å². The van der Waals surface area contributed by atoms with Gasteiger partial charge < -0.3 is 9.88 Å². The van der Waals surface area contributed by atoms with Crippen molar-refractivity contribution < 1.29 is 0 Å². The summed E-state index contributed by atoms with van der Waals surface area (Å²) >= 11 is 0. The number of hydrogen-bond acceptors (Lipinski definition) is 2. The first kappa shape index (κ1) is 10.9. The highest BCUT2D eigenvalue weighted by Gasteiger charge is 2.03. The summed E-state index contributed by atoms with van der Waals surface area (Å²) in [6.45, 7) is 3.98. The van der Waals surface area contributed by atoms with E-state index in [9.17, 15) is 0 Å². The van der Waals surface area contributed by atoms with E-state index in [2.05, 4.69) is 51.4 Å². The molecule has 0 saturated heterocycles. The predicted octanol–water partition coefficient (Wildman–Crippen LogP) is 3.00. The number of H-pyrrole nitrogens is 1. The van der Waals surface area contributed by atoms with E-state index in [1.54, 1.807) is 0 Å². The minimum absolute atomic E-state index is 0.825. The summed E-state index contributed by atoms with van der Waals surface area (Å²) in [6, 6.07) is 10.4. The Morgan fingerprint density at radius 2 is 2.22 bits per heavy atom. The molecule has 92 valence electrons. The Hall–Kier alpha value is -2.23. The molecule has 0 spiro atoms. The van der Waals surface area contributed by atoms with Gasteiger partial charge in [-0.3, -0.25) is 5.10 Å². The van der Waals surface area contributed by atoms with E-state index in [0.29, 0.717) is 0 Å². The Balaban J connectivity index is 1.83. The molecule has 3 rings (SSSR count). The highest BCUT2D eigenvalue weighted by atomic mass is 15.1.